The molecule has 1 unspecified atom stereocenters. The highest BCUT2D eigenvalue weighted by molar-refractivity contribution is 7.99. The van der Waals surface area contributed by atoms with Crippen molar-refractivity contribution in [2.75, 3.05) is 25.1 Å². The first-order valence-electron chi connectivity index (χ1n) is 6.71. The van der Waals surface area contributed by atoms with Crippen LogP contribution in [0.15, 0.2) is 30.3 Å². The van der Waals surface area contributed by atoms with Crippen molar-refractivity contribution in [1.82, 2.24) is 4.90 Å². The van der Waals surface area contributed by atoms with E-state index in [1.54, 1.807) is 0 Å². The number of aliphatic hydroxyl groups is 1. The van der Waals surface area contributed by atoms with Crippen molar-refractivity contribution in [2.45, 2.75) is 18.9 Å². The molecular formula is C15H21NO2S. The van der Waals surface area contributed by atoms with E-state index in [4.69, 9.17) is 0 Å². The van der Waals surface area contributed by atoms with E-state index in [0.29, 0.717) is 11.5 Å². The molecule has 1 atom stereocenters. The van der Waals surface area contributed by atoms with Crippen molar-refractivity contribution >= 4 is 17.7 Å². The number of amides is 1. The predicted molar refractivity (Wildman–Crippen MR) is 79.1 cm³/mol. The number of hydrogen-bond acceptors (Lipinski definition) is 3. The van der Waals surface area contributed by atoms with E-state index < -0.39 is 6.10 Å². The molecule has 1 fully saturated rings. The smallest absolute Gasteiger partial charge is 0.232 e. The first kappa shape index (κ1) is 14.4. The van der Waals surface area contributed by atoms with E-state index in [9.17, 15) is 9.90 Å². The molecule has 0 saturated heterocycles. The lowest BCUT2D eigenvalue weighted by Gasteiger charge is -2.17. The Morgan fingerprint density at radius 2 is 2.11 bits per heavy atom. The summed E-state index contributed by atoms with van der Waals surface area (Å²) >= 11 is 1.50. The third-order valence-corrected chi connectivity index (χ3v) is 4.34. The molecule has 1 amide bonds. The number of hydrogen-bond donors (Lipinski definition) is 1. The Morgan fingerprint density at radius 1 is 1.42 bits per heavy atom. The minimum Gasteiger partial charge on any atom is -0.388 e. The van der Waals surface area contributed by atoms with Crippen LogP contribution in [-0.2, 0) is 4.79 Å². The van der Waals surface area contributed by atoms with Gasteiger partial charge in [0, 0.05) is 19.3 Å². The first-order chi connectivity index (χ1) is 9.16. The molecule has 1 aromatic carbocycles. The second-order valence-electron chi connectivity index (χ2n) is 5.16. The largest absolute Gasteiger partial charge is 0.388 e. The van der Waals surface area contributed by atoms with Gasteiger partial charge in [-0.3, -0.25) is 4.79 Å². The van der Waals surface area contributed by atoms with Crippen LogP contribution in [0.2, 0.25) is 0 Å². The topological polar surface area (TPSA) is 40.5 Å². The predicted octanol–water partition coefficient (Wildman–Crippen LogP) is 2.32. The molecule has 1 saturated carbocycles. The summed E-state index contributed by atoms with van der Waals surface area (Å²) in [7, 11) is 1.87. The minimum atomic E-state index is -0.493. The van der Waals surface area contributed by atoms with Crippen LogP contribution < -0.4 is 0 Å². The zero-order valence-corrected chi connectivity index (χ0v) is 12.1. The van der Waals surface area contributed by atoms with Crippen molar-refractivity contribution in [3.05, 3.63) is 35.9 Å². The standard InChI is InChI=1S/C15H21NO2S/c1-16(9-12-7-8-12)15(18)11-19-10-14(17)13-5-3-2-4-6-13/h2-6,12,14,17H,7-11H2,1H3. The maximum atomic E-state index is 11.8. The number of thioether (sulfide) groups is 1. The molecule has 0 bridgehead atoms. The fourth-order valence-electron chi connectivity index (χ4n) is 1.93. The molecule has 104 valence electrons. The van der Waals surface area contributed by atoms with Crippen LogP contribution >= 0.6 is 11.8 Å². The van der Waals surface area contributed by atoms with Crippen LogP contribution in [0.1, 0.15) is 24.5 Å². The van der Waals surface area contributed by atoms with E-state index in [-0.39, 0.29) is 5.91 Å². The average Bonchev–Trinajstić information content (AvgIpc) is 3.23. The Bertz CT molecular complexity index is 406. The highest BCUT2D eigenvalue weighted by atomic mass is 32.2. The lowest BCUT2D eigenvalue weighted by atomic mass is 10.1. The van der Waals surface area contributed by atoms with Crippen molar-refractivity contribution in [2.24, 2.45) is 5.92 Å². The molecule has 2 rings (SSSR count). The molecule has 0 heterocycles. The van der Waals surface area contributed by atoms with Crippen LogP contribution in [0.4, 0.5) is 0 Å². The fourth-order valence-corrected chi connectivity index (χ4v) is 2.86. The van der Waals surface area contributed by atoms with Gasteiger partial charge < -0.3 is 10.0 Å². The summed E-state index contributed by atoms with van der Waals surface area (Å²) in [6.07, 6.45) is 2.03. The van der Waals surface area contributed by atoms with Crippen molar-refractivity contribution < 1.29 is 9.90 Å². The van der Waals surface area contributed by atoms with E-state index in [1.165, 1.54) is 24.6 Å². The number of carbonyl (C=O) groups is 1. The van der Waals surface area contributed by atoms with Gasteiger partial charge in [-0.2, -0.15) is 0 Å². The van der Waals surface area contributed by atoms with Gasteiger partial charge in [-0.05, 0) is 24.3 Å². The second-order valence-corrected chi connectivity index (χ2v) is 6.19. The lowest BCUT2D eigenvalue weighted by Crippen LogP contribution is -2.30. The molecule has 4 heteroatoms. The van der Waals surface area contributed by atoms with Gasteiger partial charge in [-0.25, -0.2) is 0 Å². The van der Waals surface area contributed by atoms with Gasteiger partial charge >= 0.3 is 0 Å². The molecule has 19 heavy (non-hydrogen) atoms. The zero-order valence-electron chi connectivity index (χ0n) is 11.3. The third kappa shape index (κ3) is 4.88. The number of nitrogens with zero attached hydrogens (tertiary/aromatic N) is 1. The van der Waals surface area contributed by atoms with Crippen LogP contribution in [0.3, 0.4) is 0 Å². The Balaban J connectivity index is 1.66. The molecule has 1 aliphatic carbocycles. The normalized spacial score (nSPS) is 16.1. The lowest BCUT2D eigenvalue weighted by molar-refractivity contribution is -0.127. The molecule has 0 aromatic heterocycles. The van der Waals surface area contributed by atoms with Crippen LogP contribution in [0.25, 0.3) is 0 Å². The number of rotatable bonds is 7. The first-order valence-corrected chi connectivity index (χ1v) is 7.87. The van der Waals surface area contributed by atoms with Gasteiger partial charge in [0.1, 0.15) is 0 Å². The van der Waals surface area contributed by atoms with Gasteiger partial charge in [0.2, 0.25) is 5.91 Å². The van der Waals surface area contributed by atoms with Crippen molar-refractivity contribution in [3.8, 4) is 0 Å². The maximum absolute atomic E-state index is 11.8. The highest BCUT2D eigenvalue weighted by Gasteiger charge is 2.24. The molecule has 0 radical (unpaired) electrons. The van der Waals surface area contributed by atoms with Gasteiger partial charge in [-0.1, -0.05) is 30.3 Å². The van der Waals surface area contributed by atoms with E-state index >= 15 is 0 Å². The zero-order chi connectivity index (χ0) is 13.7. The Kier molecular flexibility index (Phi) is 5.28. The van der Waals surface area contributed by atoms with Gasteiger partial charge in [0.25, 0.3) is 0 Å². The summed E-state index contributed by atoms with van der Waals surface area (Å²) in [5.41, 5.74) is 0.911. The van der Waals surface area contributed by atoms with Crippen LogP contribution in [0, 0.1) is 5.92 Å². The summed E-state index contributed by atoms with van der Waals surface area (Å²) in [6.45, 7) is 0.890. The summed E-state index contributed by atoms with van der Waals surface area (Å²) in [5.74, 6) is 1.91. The SMILES string of the molecule is CN(CC1CC1)C(=O)CSCC(O)c1ccccc1. The summed E-state index contributed by atoms with van der Waals surface area (Å²) in [6, 6.07) is 9.58. The Morgan fingerprint density at radius 3 is 2.74 bits per heavy atom. The average molecular weight is 279 g/mol. The Labute approximate surface area is 119 Å². The molecule has 1 aromatic rings. The van der Waals surface area contributed by atoms with E-state index in [1.807, 2.05) is 42.3 Å². The molecule has 0 aliphatic heterocycles. The third-order valence-electron chi connectivity index (χ3n) is 3.34. The molecule has 0 spiro atoms. The number of benzene rings is 1. The molecule has 1 N–H and O–H groups in total. The molecular weight excluding hydrogens is 258 g/mol. The second kappa shape index (κ2) is 6.96. The van der Waals surface area contributed by atoms with E-state index in [0.717, 1.165) is 18.0 Å². The summed E-state index contributed by atoms with van der Waals surface area (Å²) in [5, 5.41) is 9.98. The maximum Gasteiger partial charge on any atom is 0.232 e. The minimum absolute atomic E-state index is 0.164. The van der Waals surface area contributed by atoms with Gasteiger partial charge in [-0.15, -0.1) is 11.8 Å². The number of aliphatic hydroxyl groups excluding tert-OH is 1. The van der Waals surface area contributed by atoms with Crippen LogP contribution in [0.5, 0.6) is 0 Å². The van der Waals surface area contributed by atoms with Crippen molar-refractivity contribution in [3.63, 3.8) is 0 Å². The summed E-state index contributed by atoms with van der Waals surface area (Å²) < 4.78 is 0. The fraction of sp³-hybridized carbons (Fsp3) is 0.533. The molecule has 1 aliphatic rings. The van der Waals surface area contributed by atoms with Crippen LogP contribution in [-0.4, -0.2) is 41.0 Å². The quantitative estimate of drug-likeness (QED) is 0.833. The highest BCUT2D eigenvalue weighted by Crippen LogP contribution is 2.29. The monoisotopic (exact) mass is 279 g/mol. The van der Waals surface area contributed by atoms with Gasteiger partial charge in [0.05, 0.1) is 11.9 Å². The summed E-state index contributed by atoms with van der Waals surface area (Å²) in [4.78, 5) is 13.7. The van der Waals surface area contributed by atoms with Gasteiger partial charge in [0.15, 0.2) is 0 Å². The van der Waals surface area contributed by atoms with Crippen molar-refractivity contribution in [1.29, 1.82) is 0 Å². The Hall–Kier alpha value is -1.00. The molecule has 3 nitrogen and oxygen atoms in total. The number of carbonyl (C=O) groups excluding carboxylic acids is 1. The van der Waals surface area contributed by atoms with E-state index in [2.05, 4.69) is 0 Å².